The van der Waals surface area contributed by atoms with Gasteiger partial charge in [-0.2, -0.15) is 0 Å². The highest BCUT2D eigenvalue weighted by molar-refractivity contribution is 5.86. The van der Waals surface area contributed by atoms with Crippen LogP contribution in [0.1, 0.15) is 52.9 Å². The second-order valence-corrected chi connectivity index (χ2v) is 3.98. The van der Waals surface area contributed by atoms with Crippen molar-refractivity contribution in [3.8, 4) is 0 Å². The van der Waals surface area contributed by atoms with Gasteiger partial charge in [0.2, 0.25) is 6.29 Å². The Bertz CT molecular complexity index is 211. The number of esters is 1. The van der Waals surface area contributed by atoms with Gasteiger partial charge in [-0.3, -0.25) is 0 Å². The summed E-state index contributed by atoms with van der Waals surface area (Å²) in [4.78, 5) is 11.3. The van der Waals surface area contributed by atoms with E-state index in [0.29, 0.717) is 12.2 Å². The highest BCUT2D eigenvalue weighted by Gasteiger charge is 2.14. The monoisotopic (exact) mass is 228 g/mol. The molecule has 0 aliphatic heterocycles. The summed E-state index contributed by atoms with van der Waals surface area (Å²) in [6.45, 7) is 10.0. The summed E-state index contributed by atoms with van der Waals surface area (Å²) in [7, 11) is 0. The zero-order valence-corrected chi connectivity index (χ0v) is 10.8. The Morgan fingerprint density at radius 2 is 1.88 bits per heavy atom. The molecule has 3 heteroatoms. The standard InChI is InChI=1S/C13H24O3/c1-5-7-9-12(15-10-8-6-2)16-13(14)11(3)4/h12H,3,5-10H2,1-2,4H3. The van der Waals surface area contributed by atoms with E-state index in [9.17, 15) is 4.79 Å². The highest BCUT2D eigenvalue weighted by Crippen LogP contribution is 2.09. The SMILES string of the molecule is C=C(C)C(=O)OC(CCCC)OCCCC. The van der Waals surface area contributed by atoms with E-state index in [-0.39, 0.29) is 5.97 Å². The summed E-state index contributed by atoms with van der Waals surface area (Å²) >= 11 is 0. The molecule has 0 bridgehead atoms. The Morgan fingerprint density at radius 1 is 1.25 bits per heavy atom. The summed E-state index contributed by atoms with van der Waals surface area (Å²) in [5.41, 5.74) is 0.417. The van der Waals surface area contributed by atoms with Crippen molar-refractivity contribution in [2.24, 2.45) is 0 Å². The molecule has 0 aromatic heterocycles. The molecule has 0 heterocycles. The van der Waals surface area contributed by atoms with Crippen molar-refractivity contribution < 1.29 is 14.3 Å². The lowest BCUT2D eigenvalue weighted by Crippen LogP contribution is -2.22. The smallest absolute Gasteiger partial charge is 0.335 e. The van der Waals surface area contributed by atoms with Crippen molar-refractivity contribution in [3.05, 3.63) is 12.2 Å². The molecule has 0 aliphatic rings. The highest BCUT2D eigenvalue weighted by atomic mass is 16.7. The summed E-state index contributed by atoms with van der Waals surface area (Å²) < 4.78 is 10.7. The van der Waals surface area contributed by atoms with Gasteiger partial charge >= 0.3 is 5.97 Å². The quantitative estimate of drug-likeness (QED) is 0.262. The first kappa shape index (κ1) is 15.2. The number of hydrogen-bond acceptors (Lipinski definition) is 3. The molecule has 0 aromatic carbocycles. The Balaban J connectivity index is 3.98. The summed E-state index contributed by atoms with van der Waals surface area (Å²) in [5.74, 6) is -0.363. The fourth-order valence-corrected chi connectivity index (χ4v) is 1.13. The average Bonchev–Trinajstić information content (AvgIpc) is 2.25. The number of hydrogen-bond donors (Lipinski definition) is 0. The minimum atomic E-state index is -0.407. The molecule has 0 radical (unpaired) electrons. The van der Waals surface area contributed by atoms with Gasteiger partial charge in [0, 0.05) is 12.0 Å². The van der Waals surface area contributed by atoms with E-state index in [4.69, 9.17) is 9.47 Å². The number of carbonyl (C=O) groups excluding carboxylic acids is 1. The van der Waals surface area contributed by atoms with Crippen LogP contribution < -0.4 is 0 Å². The van der Waals surface area contributed by atoms with Crippen LogP contribution in [0.4, 0.5) is 0 Å². The van der Waals surface area contributed by atoms with Gasteiger partial charge in [0.25, 0.3) is 0 Å². The van der Waals surface area contributed by atoms with E-state index in [1.807, 2.05) is 0 Å². The van der Waals surface area contributed by atoms with Crippen molar-refractivity contribution >= 4 is 5.97 Å². The molecule has 16 heavy (non-hydrogen) atoms. The zero-order valence-electron chi connectivity index (χ0n) is 10.8. The van der Waals surface area contributed by atoms with Crippen LogP contribution in [-0.4, -0.2) is 18.9 Å². The van der Waals surface area contributed by atoms with Gasteiger partial charge in [-0.1, -0.05) is 33.3 Å². The third kappa shape index (κ3) is 7.46. The molecule has 0 spiro atoms. The van der Waals surface area contributed by atoms with E-state index in [1.54, 1.807) is 6.92 Å². The summed E-state index contributed by atoms with van der Waals surface area (Å²) in [6, 6.07) is 0. The molecule has 0 saturated heterocycles. The summed E-state index contributed by atoms with van der Waals surface area (Å²) in [5, 5.41) is 0. The molecule has 1 unspecified atom stereocenters. The molecular weight excluding hydrogens is 204 g/mol. The van der Waals surface area contributed by atoms with Crippen LogP contribution in [0.2, 0.25) is 0 Å². The van der Waals surface area contributed by atoms with Crippen LogP contribution in [0.15, 0.2) is 12.2 Å². The van der Waals surface area contributed by atoms with E-state index in [1.165, 1.54) is 0 Å². The fraction of sp³-hybridized carbons (Fsp3) is 0.769. The average molecular weight is 228 g/mol. The second kappa shape index (κ2) is 9.40. The molecule has 1 atom stereocenters. The second-order valence-electron chi connectivity index (χ2n) is 3.98. The first-order valence-electron chi connectivity index (χ1n) is 6.09. The third-order valence-electron chi connectivity index (χ3n) is 2.18. The Morgan fingerprint density at radius 3 is 2.38 bits per heavy atom. The lowest BCUT2D eigenvalue weighted by Gasteiger charge is -2.18. The third-order valence-corrected chi connectivity index (χ3v) is 2.18. The van der Waals surface area contributed by atoms with Crippen molar-refractivity contribution in [1.29, 1.82) is 0 Å². The first-order chi connectivity index (χ1) is 7.61. The van der Waals surface area contributed by atoms with Gasteiger partial charge in [-0.05, 0) is 19.8 Å². The first-order valence-corrected chi connectivity index (χ1v) is 6.09. The number of ether oxygens (including phenoxy) is 2. The van der Waals surface area contributed by atoms with Gasteiger partial charge in [0.05, 0.1) is 6.61 Å². The van der Waals surface area contributed by atoms with E-state index in [0.717, 1.165) is 32.1 Å². The fourth-order valence-electron chi connectivity index (χ4n) is 1.13. The van der Waals surface area contributed by atoms with Crippen molar-refractivity contribution in [2.75, 3.05) is 6.61 Å². The molecule has 0 aromatic rings. The molecule has 0 aliphatic carbocycles. The van der Waals surface area contributed by atoms with Crippen LogP contribution in [0.5, 0.6) is 0 Å². The predicted molar refractivity (Wildman–Crippen MR) is 65.1 cm³/mol. The lowest BCUT2D eigenvalue weighted by atomic mass is 10.2. The number of rotatable bonds is 9. The van der Waals surface area contributed by atoms with Crippen LogP contribution in [0.25, 0.3) is 0 Å². The van der Waals surface area contributed by atoms with Gasteiger partial charge < -0.3 is 9.47 Å². The largest absolute Gasteiger partial charge is 0.432 e. The topological polar surface area (TPSA) is 35.5 Å². The minimum Gasteiger partial charge on any atom is -0.432 e. The Labute approximate surface area is 98.8 Å². The molecule has 0 amide bonds. The van der Waals surface area contributed by atoms with Gasteiger partial charge in [-0.25, -0.2) is 4.79 Å². The maximum absolute atomic E-state index is 11.3. The maximum Gasteiger partial charge on any atom is 0.335 e. The van der Waals surface area contributed by atoms with Crippen LogP contribution in [-0.2, 0) is 14.3 Å². The Kier molecular flexibility index (Phi) is 8.91. The molecule has 0 rings (SSSR count). The number of carbonyl (C=O) groups is 1. The molecule has 0 N–H and O–H groups in total. The van der Waals surface area contributed by atoms with Gasteiger partial charge in [-0.15, -0.1) is 0 Å². The predicted octanol–water partition coefficient (Wildman–Crippen LogP) is 3.44. The van der Waals surface area contributed by atoms with Crippen molar-refractivity contribution in [1.82, 2.24) is 0 Å². The molecular formula is C13H24O3. The van der Waals surface area contributed by atoms with Gasteiger partial charge in [0.15, 0.2) is 0 Å². The van der Waals surface area contributed by atoms with E-state index >= 15 is 0 Å². The van der Waals surface area contributed by atoms with Crippen molar-refractivity contribution in [3.63, 3.8) is 0 Å². The summed E-state index contributed by atoms with van der Waals surface area (Å²) in [6.07, 6.45) is 4.50. The zero-order chi connectivity index (χ0) is 12.4. The maximum atomic E-state index is 11.3. The van der Waals surface area contributed by atoms with Crippen LogP contribution >= 0.6 is 0 Å². The van der Waals surface area contributed by atoms with Crippen LogP contribution in [0, 0.1) is 0 Å². The van der Waals surface area contributed by atoms with Crippen LogP contribution in [0.3, 0.4) is 0 Å². The lowest BCUT2D eigenvalue weighted by molar-refractivity contribution is -0.176. The normalized spacial score (nSPS) is 12.2. The molecule has 0 fully saturated rings. The van der Waals surface area contributed by atoms with E-state index in [2.05, 4.69) is 20.4 Å². The molecule has 0 saturated carbocycles. The minimum absolute atomic E-state index is 0.363. The van der Waals surface area contributed by atoms with Gasteiger partial charge in [0.1, 0.15) is 0 Å². The Hall–Kier alpha value is -0.830. The molecule has 94 valence electrons. The van der Waals surface area contributed by atoms with Crippen molar-refractivity contribution in [2.45, 2.75) is 59.2 Å². The number of unbranched alkanes of at least 4 members (excludes halogenated alkanes) is 2. The molecule has 3 nitrogen and oxygen atoms in total. The van der Waals surface area contributed by atoms with E-state index < -0.39 is 6.29 Å².